The average Bonchev–Trinajstić information content (AvgIpc) is 1.97. The van der Waals surface area contributed by atoms with E-state index in [0.717, 1.165) is 0 Å². The molecule has 1 heterocycles. The van der Waals surface area contributed by atoms with Crippen LogP contribution in [0, 0.1) is 0 Å². The topological polar surface area (TPSA) is 69.9 Å². The summed E-state index contributed by atoms with van der Waals surface area (Å²) in [6, 6.07) is 0. The third kappa shape index (κ3) is 1.51. The standard InChI is InChI=1S/C6H11FO4/c1-2-4(8)5(9)3(7)6(10)11-2/h2-6,8-10H,1H3/t2?,3?,4-,5?,6-/m1/s1. The van der Waals surface area contributed by atoms with Crippen molar-refractivity contribution in [1.29, 1.82) is 0 Å². The zero-order chi connectivity index (χ0) is 8.59. The van der Waals surface area contributed by atoms with Gasteiger partial charge in [0.2, 0.25) is 0 Å². The van der Waals surface area contributed by atoms with Crippen molar-refractivity contribution in [3.63, 3.8) is 0 Å². The Labute approximate surface area is 63.2 Å². The van der Waals surface area contributed by atoms with Gasteiger partial charge in [0.05, 0.1) is 6.10 Å². The molecular formula is C6H11FO4. The van der Waals surface area contributed by atoms with E-state index in [1.807, 2.05) is 0 Å². The maximum Gasteiger partial charge on any atom is 0.189 e. The Morgan fingerprint density at radius 2 is 1.73 bits per heavy atom. The molecule has 0 saturated carbocycles. The average molecular weight is 166 g/mol. The van der Waals surface area contributed by atoms with Crippen LogP contribution in [0.5, 0.6) is 0 Å². The van der Waals surface area contributed by atoms with Gasteiger partial charge in [0, 0.05) is 0 Å². The molecule has 1 aliphatic rings. The highest BCUT2D eigenvalue weighted by Gasteiger charge is 2.42. The molecule has 0 radical (unpaired) electrons. The molecule has 1 aliphatic heterocycles. The van der Waals surface area contributed by atoms with Crippen LogP contribution in [0.25, 0.3) is 0 Å². The van der Waals surface area contributed by atoms with Crippen molar-refractivity contribution >= 4 is 0 Å². The van der Waals surface area contributed by atoms with E-state index >= 15 is 0 Å². The fraction of sp³-hybridized carbons (Fsp3) is 1.00. The second-order valence-electron chi connectivity index (χ2n) is 2.66. The first kappa shape index (κ1) is 8.86. The molecule has 5 heteroatoms. The third-order valence-corrected chi connectivity index (χ3v) is 1.78. The SMILES string of the molecule is CC1O[C@@H](O)C(F)C(O)[C@@H]1O. The van der Waals surface area contributed by atoms with Crippen LogP contribution >= 0.6 is 0 Å². The number of rotatable bonds is 0. The van der Waals surface area contributed by atoms with Crippen molar-refractivity contribution in [1.82, 2.24) is 0 Å². The smallest absolute Gasteiger partial charge is 0.189 e. The summed E-state index contributed by atoms with van der Waals surface area (Å²) in [4.78, 5) is 0. The maximum atomic E-state index is 12.6. The molecule has 0 spiro atoms. The van der Waals surface area contributed by atoms with Crippen molar-refractivity contribution in [2.45, 2.75) is 37.7 Å². The zero-order valence-electron chi connectivity index (χ0n) is 6.01. The molecule has 0 aromatic carbocycles. The Morgan fingerprint density at radius 1 is 1.18 bits per heavy atom. The lowest BCUT2D eigenvalue weighted by molar-refractivity contribution is -0.261. The minimum Gasteiger partial charge on any atom is -0.388 e. The first-order chi connectivity index (χ1) is 5.04. The lowest BCUT2D eigenvalue weighted by atomic mass is 10.0. The minimum absolute atomic E-state index is 0.744. The number of aliphatic hydroxyl groups excluding tert-OH is 3. The predicted octanol–water partition coefficient (Wildman–Crippen LogP) is -1.22. The number of aliphatic hydroxyl groups is 3. The van der Waals surface area contributed by atoms with Gasteiger partial charge in [-0.1, -0.05) is 0 Å². The van der Waals surface area contributed by atoms with Gasteiger partial charge in [-0.15, -0.1) is 0 Å². The summed E-state index contributed by atoms with van der Waals surface area (Å²) < 4.78 is 17.2. The first-order valence-electron chi connectivity index (χ1n) is 3.37. The quantitative estimate of drug-likeness (QED) is 0.422. The summed E-state index contributed by atoms with van der Waals surface area (Å²) in [7, 11) is 0. The maximum absolute atomic E-state index is 12.6. The van der Waals surface area contributed by atoms with E-state index in [-0.39, 0.29) is 0 Å². The molecular weight excluding hydrogens is 155 g/mol. The summed E-state index contributed by atoms with van der Waals surface area (Å²) in [5.41, 5.74) is 0. The molecule has 0 aromatic rings. The van der Waals surface area contributed by atoms with Gasteiger partial charge < -0.3 is 20.1 Å². The van der Waals surface area contributed by atoms with Gasteiger partial charge in [0.1, 0.15) is 12.2 Å². The van der Waals surface area contributed by atoms with Crippen LogP contribution in [0.2, 0.25) is 0 Å². The number of halogens is 1. The van der Waals surface area contributed by atoms with Crippen LogP contribution in [-0.4, -0.2) is 46.1 Å². The molecule has 0 aromatic heterocycles. The molecule has 3 unspecified atom stereocenters. The van der Waals surface area contributed by atoms with E-state index in [9.17, 15) is 4.39 Å². The summed E-state index contributed by atoms with van der Waals surface area (Å²) in [6.45, 7) is 1.45. The van der Waals surface area contributed by atoms with Gasteiger partial charge in [-0.3, -0.25) is 0 Å². The van der Waals surface area contributed by atoms with Gasteiger partial charge in [-0.2, -0.15) is 0 Å². The molecule has 4 nitrogen and oxygen atoms in total. The largest absolute Gasteiger partial charge is 0.388 e. The molecule has 1 fully saturated rings. The van der Waals surface area contributed by atoms with Crippen LogP contribution in [0.15, 0.2) is 0 Å². The molecule has 1 rings (SSSR count). The molecule has 0 bridgehead atoms. The monoisotopic (exact) mass is 166 g/mol. The van der Waals surface area contributed by atoms with Crippen LogP contribution in [0.3, 0.4) is 0 Å². The van der Waals surface area contributed by atoms with E-state index < -0.39 is 30.8 Å². The van der Waals surface area contributed by atoms with E-state index in [1.165, 1.54) is 6.92 Å². The number of ether oxygens (including phenoxy) is 1. The van der Waals surface area contributed by atoms with Crippen molar-refractivity contribution < 1.29 is 24.4 Å². The number of hydrogen-bond donors (Lipinski definition) is 3. The van der Waals surface area contributed by atoms with E-state index in [4.69, 9.17) is 15.3 Å². The molecule has 5 atom stereocenters. The molecule has 3 N–H and O–H groups in total. The Balaban J connectivity index is 2.63. The van der Waals surface area contributed by atoms with Gasteiger partial charge >= 0.3 is 0 Å². The van der Waals surface area contributed by atoms with Crippen molar-refractivity contribution in [2.75, 3.05) is 0 Å². The van der Waals surface area contributed by atoms with E-state index in [1.54, 1.807) is 0 Å². The Hall–Kier alpha value is -0.230. The number of hydrogen-bond acceptors (Lipinski definition) is 4. The van der Waals surface area contributed by atoms with Crippen LogP contribution in [0.1, 0.15) is 6.92 Å². The summed E-state index contributed by atoms with van der Waals surface area (Å²) in [6.07, 6.45) is -7.14. The Kier molecular flexibility index (Phi) is 2.43. The fourth-order valence-electron chi connectivity index (χ4n) is 1.01. The molecule has 1 saturated heterocycles. The summed E-state index contributed by atoms with van der Waals surface area (Å²) >= 11 is 0. The lowest BCUT2D eigenvalue weighted by Gasteiger charge is -2.35. The second-order valence-corrected chi connectivity index (χ2v) is 2.66. The highest BCUT2D eigenvalue weighted by atomic mass is 19.1. The summed E-state index contributed by atoms with van der Waals surface area (Å²) in [5.74, 6) is 0. The van der Waals surface area contributed by atoms with Crippen LogP contribution < -0.4 is 0 Å². The molecule has 0 aliphatic carbocycles. The van der Waals surface area contributed by atoms with Gasteiger partial charge in [-0.25, -0.2) is 4.39 Å². The van der Waals surface area contributed by atoms with Gasteiger partial charge in [0.25, 0.3) is 0 Å². The lowest BCUT2D eigenvalue weighted by Crippen LogP contribution is -2.54. The van der Waals surface area contributed by atoms with Crippen molar-refractivity contribution in [3.05, 3.63) is 0 Å². The van der Waals surface area contributed by atoms with E-state index in [2.05, 4.69) is 4.74 Å². The normalized spacial score (nSPS) is 52.6. The van der Waals surface area contributed by atoms with Crippen LogP contribution in [-0.2, 0) is 4.74 Å². The third-order valence-electron chi connectivity index (χ3n) is 1.78. The highest BCUT2D eigenvalue weighted by molar-refractivity contribution is 4.86. The number of alkyl halides is 1. The van der Waals surface area contributed by atoms with E-state index in [0.29, 0.717) is 0 Å². The minimum atomic E-state index is -1.93. The fourth-order valence-corrected chi connectivity index (χ4v) is 1.01. The zero-order valence-corrected chi connectivity index (χ0v) is 6.01. The van der Waals surface area contributed by atoms with Gasteiger partial charge in [-0.05, 0) is 6.92 Å². The second kappa shape index (κ2) is 3.02. The predicted molar refractivity (Wildman–Crippen MR) is 33.5 cm³/mol. The van der Waals surface area contributed by atoms with Crippen molar-refractivity contribution in [3.8, 4) is 0 Å². The Bertz CT molecular complexity index is 129. The van der Waals surface area contributed by atoms with Crippen LogP contribution in [0.4, 0.5) is 4.39 Å². The molecule has 0 amide bonds. The summed E-state index contributed by atoms with van der Waals surface area (Å²) in [5, 5.41) is 26.7. The molecule has 66 valence electrons. The highest BCUT2D eigenvalue weighted by Crippen LogP contribution is 2.21. The molecule has 11 heavy (non-hydrogen) atoms. The Morgan fingerprint density at radius 3 is 2.27 bits per heavy atom. The van der Waals surface area contributed by atoms with Crippen molar-refractivity contribution in [2.24, 2.45) is 0 Å². The van der Waals surface area contributed by atoms with Gasteiger partial charge in [0.15, 0.2) is 12.5 Å². The first-order valence-corrected chi connectivity index (χ1v) is 3.37.